The number of urea groups is 1. The van der Waals surface area contributed by atoms with Crippen LogP contribution in [-0.4, -0.2) is 41.0 Å². The number of carbonyl (C=O) groups is 1. The van der Waals surface area contributed by atoms with E-state index in [2.05, 4.69) is 23.5 Å². The lowest BCUT2D eigenvalue weighted by atomic mass is 10.2. The first-order chi connectivity index (χ1) is 9.61. The molecule has 0 bridgehead atoms. The summed E-state index contributed by atoms with van der Waals surface area (Å²) in [6.45, 7) is 2.06. The van der Waals surface area contributed by atoms with E-state index in [0.29, 0.717) is 0 Å². The number of amides is 2. The molecule has 1 heterocycles. The average molecular weight is 313 g/mol. The molecule has 1 aliphatic carbocycles. The number of thioether (sulfide) groups is 1. The van der Waals surface area contributed by atoms with Crippen LogP contribution in [0.5, 0.6) is 0 Å². The number of hydrogen-bond donors (Lipinski definition) is 1. The number of nitrogens with one attached hydrogen (secondary N) is 1. The number of carbonyl (C=O) groups excluding carboxylic acids is 1. The molecule has 1 aliphatic rings. The highest BCUT2D eigenvalue weighted by molar-refractivity contribution is 7.98. The van der Waals surface area contributed by atoms with Gasteiger partial charge in [0.2, 0.25) is 0 Å². The maximum atomic E-state index is 12.2. The second-order valence-electron chi connectivity index (χ2n) is 5.29. The van der Waals surface area contributed by atoms with Crippen molar-refractivity contribution in [2.24, 2.45) is 0 Å². The fraction of sp³-hybridized carbons (Fsp3) is 0.714. The van der Waals surface area contributed by atoms with Crippen molar-refractivity contribution in [3.8, 4) is 0 Å². The Morgan fingerprint density at radius 3 is 2.95 bits per heavy atom. The third-order valence-corrected chi connectivity index (χ3v) is 5.59. The number of fused-ring (bicyclic) bond motifs is 1. The highest BCUT2D eigenvalue weighted by Crippen LogP contribution is 2.29. The Labute approximate surface area is 129 Å². The lowest BCUT2D eigenvalue weighted by Gasteiger charge is -2.23. The normalized spacial score (nSPS) is 16.1. The Hall–Kier alpha value is -0.750. The Morgan fingerprint density at radius 1 is 1.45 bits per heavy atom. The summed E-state index contributed by atoms with van der Waals surface area (Å²) in [5.74, 6) is 0.943. The van der Waals surface area contributed by atoms with Gasteiger partial charge in [0.1, 0.15) is 0 Å². The van der Waals surface area contributed by atoms with Gasteiger partial charge in [0, 0.05) is 23.7 Å². The van der Waals surface area contributed by atoms with Crippen LogP contribution in [0.15, 0.2) is 0 Å². The summed E-state index contributed by atoms with van der Waals surface area (Å²) in [5, 5.41) is 3.70. The molecule has 0 aliphatic heterocycles. The molecule has 0 aromatic carbocycles. The van der Waals surface area contributed by atoms with Crippen LogP contribution < -0.4 is 5.32 Å². The first kappa shape index (κ1) is 15.6. The van der Waals surface area contributed by atoms with Crippen LogP contribution >= 0.6 is 23.1 Å². The molecule has 20 heavy (non-hydrogen) atoms. The van der Waals surface area contributed by atoms with Gasteiger partial charge >= 0.3 is 6.03 Å². The van der Waals surface area contributed by atoms with E-state index in [1.807, 2.05) is 7.05 Å². The molecule has 2 rings (SSSR count). The Morgan fingerprint density at radius 2 is 2.20 bits per heavy atom. The Balaban J connectivity index is 1.97. The number of anilines is 1. The molecule has 112 valence electrons. The molecule has 0 radical (unpaired) electrons. The van der Waals surface area contributed by atoms with E-state index < -0.39 is 0 Å². The van der Waals surface area contributed by atoms with E-state index >= 15 is 0 Å². The summed E-state index contributed by atoms with van der Waals surface area (Å²) < 4.78 is 0. The van der Waals surface area contributed by atoms with Gasteiger partial charge in [-0.05, 0) is 38.9 Å². The van der Waals surface area contributed by atoms with Crippen molar-refractivity contribution in [2.45, 2.75) is 45.1 Å². The van der Waals surface area contributed by atoms with Gasteiger partial charge in [-0.15, -0.1) is 11.3 Å². The zero-order chi connectivity index (χ0) is 14.5. The van der Waals surface area contributed by atoms with Gasteiger partial charge in [-0.1, -0.05) is 6.42 Å². The highest BCUT2D eigenvalue weighted by atomic mass is 32.2. The summed E-state index contributed by atoms with van der Waals surface area (Å²) >= 11 is 3.40. The largest absolute Gasteiger partial charge is 0.324 e. The molecule has 6 heteroatoms. The van der Waals surface area contributed by atoms with E-state index in [0.717, 1.165) is 23.7 Å². The second kappa shape index (κ2) is 7.31. The molecule has 0 fully saturated rings. The summed E-state index contributed by atoms with van der Waals surface area (Å²) in [7, 11) is 1.84. The minimum Gasteiger partial charge on any atom is -0.324 e. The van der Waals surface area contributed by atoms with Crippen LogP contribution in [0, 0.1) is 0 Å². The average Bonchev–Trinajstić information content (AvgIpc) is 2.67. The molecular formula is C14H23N3OS2. The zero-order valence-electron chi connectivity index (χ0n) is 12.4. The van der Waals surface area contributed by atoms with Crippen molar-refractivity contribution in [2.75, 3.05) is 24.4 Å². The van der Waals surface area contributed by atoms with Crippen LogP contribution in [-0.2, 0) is 12.8 Å². The van der Waals surface area contributed by atoms with Gasteiger partial charge in [0.15, 0.2) is 5.13 Å². The lowest BCUT2D eigenvalue weighted by molar-refractivity contribution is 0.212. The summed E-state index contributed by atoms with van der Waals surface area (Å²) in [5.41, 5.74) is 1.20. The van der Waals surface area contributed by atoms with Gasteiger partial charge < -0.3 is 4.90 Å². The predicted octanol–water partition coefficient (Wildman–Crippen LogP) is 3.63. The molecule has 0 saturated heterocycles. The van der Waals surface area contributed by atoms with Crippen LogP contribution in [0.25, 0.3) is 0 Å². The third kappa shape index (κ3) is 3.88. The molecule has 1 unspecified atom stereocenters. The van der Waals surface area contributed by atoms with Crippen molar-refractivity contribution >= 4 is 34.3 Å². The number of aryl methyl sites for hydroxylation is 2. The number of nitrogens with zero attached hydrogens (tertiary/aromatic N) is 2. The van der Waals surface area contributed by atoms with Crippen molar-refractivity contribution in [1.82, 2.24) is 9.88 Å². The van der Waals surface area contributed by atoms with Gasteiger partial charge in [0.25, 0.3) is 0 Å². The monoisotopic (exact) mass is 313 g/mol. The molecule has 1 aromatic heterocycles. The van der Waals surface area contributed by atoms with Gasteiger partial charge in [-0.3, -0.25) is 5.32 Å². The third-order valence-electron chi connectivity index (χ3n) is 3.70. The highest BCUT2D eigenvalue weighted by Gasteiger charge is 2.19. The van der Waals surface area contributed by atoms with E-state index in [-0.39, 0.29) is 12.1 Å². The van der Waals surface area contributed by atoms with Crippen LogP contribution in [0.1, 0.15) is 36.8 Å². The molecule has 2 amide bonds. The van der Waals surface area contributed by atoms with E-state index in [1.54, 1.807) is 28.0 Å². The number of hydrogen-bond acceptors (Lipinski definition) is 4. The number of thiazole rings is 1. The molecule has 0 spiro atoms. The number of rotatable bonds is 4. The van der Waals surface area contributed by atoms with Gasteiger partial charge in [-0.25, -0.2) is 9.78 Å². The molecular weight excluding hydrogens is 290 g/mol. The fourth-order valence-corrected chi connectivity index (χ4v) is 4.06. The standard InChI is InChI=1S/C14H23N3OS2/c1-10(9-19-3)17(2)14(18)16-13-15-11-7-5-4-6-8-12(11)20-13/h10H,4-9H2,1-3H3,(H,15,16,18). The predicted molar refractivity (Wildman–Crippen MR) is 88.0 cm³/mol. The van der Waals surface area contributed by atoms with Crippen LogP contribution in [0.3, 0.4) is 0 Å². The topological polar surface area (TPSA) is 45.2 Å². The van der Waals surface area contributed by atoms with Gasteiger partial charge in [0.05, 0.1) is 5.69 Å². The SMILES string of the molecule is CSCC(C)N(C)C(=O)Nc1nc2c(s1)CCCCC2. The van der Waals surface area contributed by atoms with Crippen molar-refractivity contribution in [3.05, 3.63) is 10.6 Å². The second-order valence-corrected chi connectivity index (χ2v) is 7.29. The van der Waals surface area contributed by atoms with E-state index in [4.69, 9.17) is 0 Å². The molecule has 4 nitrogen and oxygen atoms in total. The fourth-order valence-electron chi connectivity index (χ4n) is 2.32. The summed E-state index contributed by atoms with van der Waals surface area (Å²) in [4.78, 5) is 19.9. The quantitative estimate of drug-likeness (QED) is 0.863. The van der Waals surface area contributed by atoms with Crippen molar-refractivity contribution in [1.29, 1.82) is 0 Å². The molecule has 1 aromatic rings. The minimum absolute atomic E-state index is 0.0598. The minimum atomic E-state index is -0.0598. The van der Waals surface area contributed by atoms with Gasteiger partial charge in [-0.2, -0.15) is 11.8 Å². The zero-order valence-corrected chi connectivity index (χ0v) is 14.1. The molecule has 0 saturated carbocycles. The van der Waals surface area contributed by atoms with E-state index in [9.17, 15) is 4.79 Å². The Bertz CT molecular complexity index is 438. The first-order valence-corrected chi connectivity index (χ1v) is 9.34. The Kier molecular flexibility index (Phi) is 5.72. The smallest absolute Gasteiger partial charge is 0.323 e. The van der Waals surface area contributed by atoms with Crippen molar-refractivity contribution < 1.29 is 4.79 Å². The molecule has 1 atom stereocenters. The number of aromatic nitrogens is 1. The van der Waals surface area contributed by atoms with Crippen molar-refractivity contribution in [3.63, 3.8) is 0 Å². The summed E-state index contributed by atoms with van der Waals surface area (Å²) in [6, 6.07) is 0.165. The lowest BCUT2D eigenvalue weighted by Crippen LogP contribution is -2.39. The van der Waals surface area contributed by atoms with E-state index in [1.165, 1.54) is 29.8 Å². The van der Waals surface area contributed by atoms with Crippen LogP contribution in [0.2, 0.25) is 0 Å². The maximum absolute atomic E-state index is 12.2. The van der Waals surface area contributed by atoms with Crippen LogP contribution in [0.4, 0.5) is 9.93 Å². The summed E-state index contributed by atoms with van der Waals surface area (Å²) in [6.07, 6.45) is 7.98. The first-order valence-electron chi connectivity index (χ1n) is 7.13. The maximum Gasteiger partial charge on any atom is 0.323 e. The molecule has 1 N–H and O–H groups in total.